The van der Waals surface area contributed by atoms with Crippen LogP contribution in [0.15, 0.2) is 20.8 Å². The highest BCUT2D eigenvalue weighted by Crippen LogP contribution is 2.44. The Morgan fingerprint density at radius 3 is 2.74 bits per heavy atom. The van der Waals surface area contributed by atoms with E-state index in [9.17, 15) is 19.5 Å². The van der Waals surface area contributed by atoms with Gasteiger partial charge in [-0.15, -0.1) is 5.10 Å². The maximum absolute atomic E-state index is 12.7. The van der Waals surface area contributed by atoms with Gasteiger partial charge in [-0.2, -0.15) is 9.36 Å². The van der Waals surface area contributed by atoms with Gasteiger partial charge < -0.3 is 21.4 Å². The molecular weight excluding hydrogens is 492 g/mol. The molecule has 0 saturated carbocycles. The molecule has 4 rings (SSSR count). The fourth-order valence-electron chi connectivity index (χ4n) is 3.21. The number of nitrogens with two attached hydrogens (primary N) is 1. The first-order valence-corrected chi connectivity index (χ1v) is 11.1. The van der Waals surface area contributed by atoms with Gasteiger partial charge in [-0.05, 0) is 12.8 Å². The quantitative estimate of drug-likeness (QED) is 0.184. The van der Waals surface area contributed by atoms with Crippen LogP contribution in [0.2, 0.25) is 4.34 Å². The molecule has 2 atom stereocenters. The number of hydrogen-bond acceptors (Lipinski definition) is 13. The predicted molar refractivity (Wildman–Crippen MR) is 110 cm³/mol. The molecule has 0 bridgehead atoms. The van der Waals surface area contributed by atoms with Crippen molar-refractivity contribution in [3.8, 4) is 0 Å². The Labute approximate surface area is 190 Å². The minimum absolute atomic E-state index is 0.0683. The van der Waals surface area contributed by atoms with Crippen LogP contribution in [0, 0.1) is 0 Å². The number of nitrogen functional groups attached to an aromatic ring is 1. The molecule has 2 amide bonds. The number of anilines is 1. The van der Waals surface area contributed by atoms with Gasteiger partial charge in [0, 0.05) is 28.0 Å². The maximum atomic E-state index is 12.7. The maximum Gasteiger partial charge on any atom is 0.353 e. The van der Waals surface area contributed by atoms with E-state index in [1.807, 2.05) is 0 Å². The number of hydrogen-bond donors (Lipinski definition) is 4. The van der Waals surface area contributed by atoms with Crippen molar-refractivity contribution in [1.82, 2.24) is 29.2 Å². The molecule has 1 fully saturated rings. The van der Waals surface area contributed by atoms with E-state index >= 15 is 0 Å². The molecule has 162 valence electrons. The van der Waals surface area contributed by atoms with Gasteiger partial charge in [0.25, 0.3) is 11.8 Å². The summed E-state index contributed by atoms with van der Waals surface area (Å²) in [5.41, 5.74) is 4.77. The van der Waals surface area contributed by atoms with E-state index in [1.165, 1.54) is 0 Å². The van der Waals surface area contributed by atoms with Crippen molar-refractivity contribution in [2.24, 2.45) is 5.16 Å². The lowest BCUT2D eigenvalue weighted by Crippen LogP contribution is -2.72. The van der Waals surface area contributed by atoms with Crippen molar-refractivity contribution < 1.29 is 24.7 Å². The van der Waals surface area contributed by atoms with Gasteiger partial charge in [-0.3, -0.25) is 14.5 Å². The van der Waals surface area contributed by atoms with Crippen LogP contribution >= 0.6 is 46.4 Å². The fourth-order valence-corrected chi connectivity index (χ4v) is 5.39. The summed E-state index contributed by atoms with van der Waals surface area (Å²) in [6.45, 7) is 0. The zero-order valence-corrected chi connectivity index (χ0v) is 18.3. The summed E-state index contributed by atoms with van der Waals surface area (Å²) in [5.74, 6) is -2.98. The standard InChI is InChI=1S/C14H11ClN8O5S3/c15-8-11(19-22-30-8)29-4-2-1-3-5(12(25)23(3)7(4)13(26)27)17-10(24)6(20-28)9-18-14(16)31-21-9/h3,5,28H,1-2H2,(H,17,24)(H,26,27)(H2,16,18,21)/b20-6-/t3-,5?/m1/s1. The van der Waals surface area contributed by atoms with Gasteiger partial charge in [-0.1, -0.05) is 33.0 Å². The van der Waals surface area contributed by atoms with Crippen LogP contribution in [0.5, 0.6) is 0 Å². The van der Waals surface area contributed by atoms with Crippen molar-refractivity contribution in [3.63, 3.8) is 0 Å². The van der Waals surface area contributed by atoms with E-state index in [1.54, 1.807) is 0 Å². The third-order valence-corrected chi connectivity index (χ3v) is 7.30. The molecule has 2 aromatic rings. The number of thioether (sulfide) groups is 1. The zero-order chi connectivity index (χ0) is 22.3. The number of carboxylic acid groups (broad SMARTS) is 1. The second kappa shape index (κ2) is 8.37. The third-order valence-electron chi connectivity index (χ3n) is 4.49. The molecule has 2 aliphatic heterocycles. The van der Waals surface area contributed by atoms with Crippen molar-refractivity contribution in [2.45, 2.75) is 30.0 Å². The average Bonchev–Trinajstić information content (AvgIpc) is 3.34. The summed E-state index contributed by atoms with van der Waals surface area (Å²) in [5, 5.41) is 28.5. The van der Waals surface area contributed by atoms with Crippen molar-refractivity contribution in [1.29, 1.82) is 0 Å². The van der Waals surface area contributed by atoms with E-state index in [0.29, 0.717) is 27.1 Å². The van der Waals surface area contributed by atoms with Crippen LogP contribution < -0.4 is 11.1 Å². The Balaban J connectivity index is 1.53. The molecule has 1 saturated heterocycles. The van der Waals surface area contributed by atoms with Gasteiger partial charge in [0.1, 0.15) is 16.1 Å². The molecule has 0 aromatic carbocycles. The topological polar surface area (TPSA) is 197 Å². The summed E-state index contributed by atoms with van der Waals surface area (Å²) < 4.78 is 7.82. The summed E-state index contributed by atoms with van der Waals surface area (Å²) in [6.07, 6.45) is 0.713. The van der Waals surface area contributed by atoms with Gasteiger partial charge in [-0.25, -0.2) is 4.79 Å². The largest absolute Gasteiger partial charge is 0.477 e. The van der Waals surface area contributed by atoms with E-state index in [0.717, 1.165) is 39.7 Å². The highest BCUT2D eigenvalue weighted by atomic mass is 35.5. The first-order valence-electron chi connectivity index (χ1n) is 8.39. The first-order chi connectivity index (χ1) is 14.8. The number of halogens is 1. The molecule has 13 nitrogen and oxygen atoms in total. The Morgan fingerprint density at radius 1 is 1.39 bits per heavy atom. The van der Waals surface area contributed by atoms with E-state index < -0.39 is 35.6 Å². The summed E-state index contributed by atoms with van der Waals surface area (Å²) in [4.78, 5) is 42.4. The van der Waals surface area contributed by atoms with Gasteiger partial charge in [0.15, 0.2) is 10.2 Å². The number of allylic oxidation sites excluding steroid dienone is 1. The van der Waals surface area contributed by atoms with Gasteiger partial charge >= 0.3 is 5.97 Å². The molecule has 0 aliphatic carbocycles. The van der Waals surface area contributed by atoms with Crippen LogP contribution in [-0.2, 0) is 14.4 Å². The van der Waals surface area contributed by atoms with E-state index in [-0.39, 0.29) is 16.7 Å². The Morgan fingerprint density at radius 2 is 2.16 bits per heavy atom. The number of fused-ring (bicyclic) bond motifs is 1. The van der Waals surface area contributed by atoms with Crippen LogP contribution in [0.4, 0.5) is 5.13 Å². The summed E-state index contributed by atoms with van der Waals surface area (Å²) >= 11 is 8.81. The average molecular weight is 503 g/mol. The minimum Gasteiger partial charge on any atom is -0.477 e. The number of rotatable bonds is 6. The Hall–Kier alpha value is -2.82. The monoisotopic (exact) mass is 502 g/mol. The van der Waals surface area contributed by atoms with Crippen LogP contribution in [-0.4, -0.2) is 69.7 Å². The van der Waals surface area contributed by atoms with Gasteiger partial charge in [0.2, 0.25) is 11.5 Å². The number of carbonyl (C=O) groups is 3. The molecule has 4 heterocycles. The van der Waals surface area contributed by atoms with E-state index in [2.05, 4.69) is 29.4 Å². The Bertz CT molecular complexity index is 1150. The van der Waals surface area contributed by atoms with Crippen LogP contribution in [0.1, 0.15) is 18.7 Å². The number of aromatic nitrogens is 4. The van der Waals surface area contributed by atoms with E-state index in [4.69, 9.17) is 22.5 Å². The number of amides is 2. The van der Waals surface area contributed by atoms with Crippen molar-refractivity contribution in [3.05, 3.63) is 20.8 Å². The molecular formula is C14H11ClN8O5S3. The lowest BCUT2D eigenvalue weighted by atomic mass is 9.86. The number of nitrogens with zero attached hydrogens (tertiary/aromatic N) is 6. The van der Waals surface area contributed by atoms with Gasteiger partial charge in [0.05, 0.1) is 6.04 Å². The number of β-lactam (4-membered cyclic amide) rings is 1. The summed E-state index contributed by atoms with van der Waals surface area (Å²) in [7, 11) is 0. The number of aliphatic carboxylic acids is 1. The molecule has 1 unspecified atom stereocenters. The number of oxime groups is 1. The first kappa shape index (κ1) is 21.4. The second-order valence-corrected chi connectivity index (χ2v) is 9.42. The highest BCUT2D eigenvalue weighted by molar-refractivity contribution is 8.03. The highest BCUT2D eigenvalue weighted by Gasteiger charge is 2.54. The number of carbonyl (C=O) groups excluding carboxylic acids is 2. The third kappa shape index (κ3) is 3.82. The molecule has 0 radical (unpaired) electrons. The zero-order valence-electron chi connectivity index (χ0n) is 15.1. The lowest BCUT2D eigenvalue weighted by molar-refractivity contribution is -0.155. The van der Waals surface area contributed by atoms with Crippen LogP contribution in [0.25, 0.3) is 0 Å². The normalized spacial score (nSPS) is 21.0. The van der Waals surface area contributed by atoms with Crippen molar-refractivity contribution >= 4 is 75.1 Å². The lowest BCUT2D eigenvalue weighted by Gasteiger charge is -2.49. The molecule has 2 aliphatic rings. The second-order valence-electron chi connectivity index (χ2n) is 6.20. The smallest absolute Gasteiger partial charge is 0.353 e. The molecule has 2 aromatic heterocycles. The fraction of sp³-hybridized carbons (Fsp3) is 0.286. The predicted octanol–water partition coefficient (Wildman–Crippen LogP) is 0.381. The Kier molecular flexibility index (Phi) is 5.78. The molecule has 17 heteroatoms. The molecule has 5 N–H and O–H groups in total. The SMILES string of the molecule is Nc1nc(/C(=N/O)C(=O)NC2C(=O)N3C(C(=O)O)=C(Sc4nnsc4Cl)CC[C@H]23)ns1. The molecule has 0 spiro atoms. The number of carboxylic acids is 1. The number of nitrogens with one attached hydrogen (secondary N) is 1. The van der Waals surface area contributed by atoms with Crippen LogP contribution in [0.3, 0.4) is 0 Å². The molecule has 31 heavy (non-hydrogen) atoms. The minimum atomic E-state index is -1.29. The summed E-state index contributed by atoms with van der Waals surface area (Å²) in [6, 6.07) is -1.57. The van der Waals surface area contributed by atoms with Crippen molar-refractivity contribution in [2.75, 3.05) is 5.73 Å².